The summed E-state index contributed by atoms with van der Waals surface area (Å²) in [6.45, 7) is 6.16. The van der Waals surface area contributed by atoms with Gasteiger partial charge < -0.3 is 10.2 Å². The molecule has 3 heteroatoms. The van der Waals surface area contributed by atoms with Crippen LogP contribution in [-0.2, 0) is 0 Å². The molecule has 4 heterocycles. The maximum absolute atomic E-state index is 3.74. The summed E-state index contributed by atoms with van der Waals surface area (Å²) in [5.41, 5.74) is 0. The molecule has 0 aromatic rings. The second-order valence-corrected chi connectivity index (χ2v) is 7.92. The lowest BCUT2D eigenvalue weighted by molar-refractivity contribution is -0.0366. The molecule has 0 radical (unpaired) electrons. The normalized spacial score (nSPS) is 44.7. The van der Waals surface area contributed by atoms with Gasteiger partial charge in [-0.15, -0.1) is 0 Å². The van der Waals surface area contributed by atoms with Crippen molar-refractivity contribution in [2.75, 3.05) is 19.6 Å². The third-order valence-electron chi connectivity index (χ3n) is 6.74. The van der Waals surface area contributed by atoms with E-state index in [-0.39, 0.29) is 0 Å². The lowest BCUT2D eigenvalue weighted by atomic mass is 9.79. The van der Waals surface area contributed by atoms with E-state index in [1.165, 1.54) is 70.9 Å². The van der Waals surface area contributed by atoms with Crippen LogP contribution >= 0.6 is 0 Å². The minimum Gasteiger partial charge on any atom is -0.314 e. The van der Waals surface area contributed by atoms with Crippen LogP contribution in [0.3, 0.4) is 0 Å². The fraction of sp³-hybridized carbons (Fsp3) is 1.00. The molecule has 4 fully saturated rings. The molecule has 4 unspecified atom stereocenters. The van der Waals surface area contributed by atoms with Crippen molar-refractivity contribution >= 4 is 0 Å². The molecule has 4 aliphatic rings. The third-order valence-corrected chi connectivity index (χ3v) is 6.74. The lowest BCUT2D eigenvalue weighted by Crippen LogP contribution is -2.61. The fourth-order valence-electron chi connectivity index (χ4n) is 5.94. The van der Waals surface area contributed by atoms with Crippen molar-refractivity contribution < 1.29 is 0 Å². The molecular formula is C18H33N3. The monoisotopic (exact) mass is 291 g/mol. The number of piperidine rings is 3. The molecule has 0 saturated carbocycles. The average molecular weight is 291 g/mol. The zero-order valence-electron chi connectivity index (χ0n) is 13.8. The molecule has 0 aromatic carbocycles. The van der Waals surface area contributed by atoms with Crippen LogP contribution in [0.25, 0.3) is 0 Å². The Bertz CT molecular complexity index is 344. The molecule has 0 amide bonds. The molecule has 1 N–H and O–H groups in total. The Labute approximate surface area is 130 Å². The Morgan fingerprint density at radius 2 is 1.52 bits per heavy atom. The molecule has 4 aliphatic heterocycles. The van der Waals surface area contributed by atoms with Gasteiger partial charge in [-0.3, -0.25) is 4.90 Å². The summed E-state index contributed by atoms with van der Waals surface area (Å²) in [5.74, 6) is 0. The van der Waals surface area contributed by atoms with Gasteiger partial charge in [0.25, 0.3) is 0 Å². The van der Waals surface area contributed by atoms with Crippen LogP contribution in [0.2, 0.25) is 0 Å². The fourth-order valence-corrected chi connectivity index (χ4v) is 5.94. The van der Waals surface area contributed by atoms with E-state index in [4.69, 9.17) is 0 Å². The van der Waals surface area contributed by atoms with Crippen LogP contribution in [0.1, 0.15) is 64.7 Å². The van der Waals surface area contributed by atoms with Gasteiger partial charge in [-0.2, -0.15) is 0 Å². The van der Waals surface area contributed by atoms with Gasteiger partial charge in [-0.05, 0) is 71.0 Å². The smallest absolute Gasteiger partial charge is 0.0128 e. The van der Waals surface area contributed by atoms with E-state index < -0.39 is 0 Å². The summed E-state index contributed by atoms with van der Waals surface area (Å²) >= 11 is 0. The van der Waals surface area contributed by atoms with Gasteiger partial charge in [0.2, 0.25) is 0 Å². The van der Waals surface area contributed by atoms with Crippen molar-refractivity contribution in [3.05, 3.63) is 0 Å². The van der Waals surface area contributed by atoms with E-state index in [2.05, 4.69) is 22.0 Å². The highest BCUT2D eigenvalue weighted by Gasteiger charge is 2.44. The average Bonchev–Trinajstić information content (AvgIpc) is 2.94. The number of hydrogen-bond donors (Lipinski definition) is 1. The number of rotatable bonds is 3. The minimum atomic E-state index is 0.799. The summed E-state index contributed by atoms with van der Waals surface area (Å²) in [7, 11) is 0. The summed E-state index contributed by atoms with van der Waals surface area (Å²) in [5, 5.41) is 3.74. The van der Waals surface area contributed by atoms with Gasteiger partial charge >= 0.3 is 0 Å². The van der Waals surface area contributed by atoms with E-state index in [0.717, 1.165) is 36.8 Å². The van der Waals surface area contributed by atoms with Crippen LogP contribution in [-0.4, -0.2) is 59.6 Å². The van der Waals surface area contributed by atoms with Crippen LogP contribution in [0.15, 0.2) is 0 Å². The Balaban J connectivity index is 1.44. The number of nitrogens with zero attached hydrogens (tertiary/aromatic N) is 2. The van der Waals surface area contributed by atoms with Crippen LogP contribution < -0.4 is 5.32 Å². The van der Waals surface area contributed by atoms with E-state index in [1.54, 1.807) is 0 Å². The van der Waals surface area contributed by atoms with Crippen molar-refractivity contribution in [2.24, 2.45) is 0 Å². The first-order valence-corrected chi connectivity index (χ1v) is 9.60. The standard InChI is InChI=1S/C18H33N3/c1-2-19-14-11-16-5-3-6-17(12-14)21(16)18-8-10-20-9-4-7-15(20)13-18/h14-19H,2-13H2,1H3. The van der Waals surface area contributed by atoms with E-state index in [0.29, 0.717) is 0 Å². The van der Waals surface area contributed by atoms with Gasteiger partial charge in [0.05, 0.1) is 0 Å². The summed E-state index contributed by atoms with van der Waals surface area (Å²) in [4.78, 5) is 5.80. The number of nitrogens with one attached hydrogen (secondary N) is 1. The molecule has 21 heavy (non-hydrogen) atoms. The molecule has 4 saturated heterocycles. The van der Waals surface area contributed by atoms with Gasteiger partial charge in [0.15, 0.2) is 0 Å². The Hall–Kier alpha value is -0.120. The summed E-state index contributed by atoms with van der Waals surface area (Å²) in [6.07, 6.45) is 13.1. The first kappa shape index (κ1) is 14.5. The zero-order chi connectivity index (χ0) is 14.2. The molecule has 4 rings (SSSR count). The maximum Gasteiger partial charge on any atom is 0.0128 e. The highest BCUT2D eigenvalue weighted by atomic mass is 15.3. The molecule has 120 valence electrons. The molecule has 0 spiro atoms. The summed E-state index contributed by atoms with van der Waals surface area (Å²) < 4.78 is 0. The minimum absolute atomic E-state index is 0.799. The Morgan fingerprint density at radius 1 is 0.810 bits per heavy atom. The quantitative estimate of drug-likeness (QED) is 0.862. The van der Waals surface area contributed by atoms with Gasteiger partial charge in [0.1, 0.15) is 0 Å². The van der Waals surface area contributed by atoms with Gasteiger partial charge in [-0.25, -0.2) is 0 Å². The Kier molecular flexibility index (Phi) is 4.25. The highest BCUT2D eigenvalue weighted by Crippen LogP contribution is 2.39. The molecule has 4 atom stereocenters. The number of hydrogen-bond acceptors (Lipinski definition) is 3. The van der Waals surface area contributed by atoms with Crippen molar-refractivity contribution in [3.63, 3.8) is 0 Å². The van der Waals surface area contributed by atoms with Crippen molar-refractivity contribution in [2.45, 2.75) is 94.9 Å². The van der Waals surface area contributed by atoms with Crippen molar-refractivity contribution in [3.8, 4) is 0 Å². The van der Waals surface area contributed by atoms with Crippen LogP contribution in [0.5, 0.6) is 0 Å². The second kappa shape index (κ2) is 6.17. The first-order valence-electron chi connectivity index (χ1n) is 9.60. The van der Waals surface area contributed by atoms with E-state index in [9.17, 15) is 0 Å². The van der Waals surface area contributed by atoms with Crippen LogP contribution in [0.4, 0.5) is 0 Å². The SMILES string of the molecule is CCNC1CC2CCCC(C1)N2C1CCN2CCCC2C1. The molecule has 3 nitrogen and oxygen atoms in total. The zero-order valence-corrected chi connectivity index (χ0v) is 13.8. The van der Waals surface area contributed by atoms with Crippen molar-refractivity contribution in [1.82, 2.24) is 15.1 Å². The second-order valence-electron chi connectivity index (χ2n) is 7.92. The topological polar surface area (TPSA) is 18.5 Å². The lowest BCUT2D eigenvalue weighted by Gasteiger charge is -2.54. The molecule has 0 aliphatic carbocycles. The molecule has 2 bridgehead atoms. The maximum atomic E-state index is 3.74. The van der Waals surface area contributed by atoms with E-state index >= 15 is 0 Å². The predicted molar refractivity (Wildman–Crippen MR) is 87.6 cm³/mol. The molecule has 0 aromatic heterocycles. The number of fused-ring (bicyclic) bond motifs is 3. The van der Waals surface area contributed by atoms with Crippen LogP contribution in [0, 0.1) is 0 Å². The van der Waals surface area contributed by atoms with Gasteiger partial charge in [0, 0.05) is 30.2 Å². The van der Waals surface area contributed by atoms with Crippen molar-refractivity contribution in [1.29, 1.82) is 0 Å². The predicted octanol–water partition coefficient (Wildman–Crippen LogP) is 2.61. The summed E-state index contributed by atoms with van der Waals surface area (Å²) in [6, 6.07) is 4.41. The Morgan fingerprint density at radius 3 is 2.29 bits per heavy atom. The molecular weight excluding hydrogens is 258 g/mol. The largest absolute Gasteiger partial charge is 0.314 e. The third kappa shape index (κ3) is 2.77. The van der Waals surface area contributed by atoms with Gasteiger partial charge in [-0.1, -0.05) is 13.3 Å². The highest BCUT2D eigenvalue weighted by molar-refractivity contribution is 5.00. The van der Waals surface area contributed by atoms with E-state index in [1.807, 2.05) is 0 Å². The first-order chi connectivity index (χ1) is 10.3.